The van der Waals surface area contributed by atoms with E-state index < -0.39 is 0 Å². The van der Waals surface area contributed by atoms with E-state index in [1.165, 1.54) is 28.8 Å². The number of allylic oxidation sites excluding steroid dienone is 3. The normalized spacial score (nSPS) is 17.6. The summed E-state index contributed by atoms with van der Waals surface area (Å²) < 4.78 is 1.54. The number of likely N-dealkylation sites (N-methyl/N-ethyl adjacent to an activating group) is 2. The first-order valence-corrected chi connectivity index (χ1v) is 17.6. The number of piperazine rings is 1. The van der Waals surface area contributed by atoms with Crippen molar-refractivity contribution in [3.8, 4) is 0 Å². The molecule has 0 radical (unpaired) electrons. The minimum atomic E-state index is -0.116. The number of nitrogens with zero attached hydrogens (tertiary/aromatic N) is 4. The number of benzene rings is 1. The number of thiophene rings is 1. The fraction of sp³-hybridized carbons (Fsp3) is 0.474. The summed E-state index contributed by atoms with van der Waals surface area (Å²) in [4.78, 5) is 47.8. The van der Waals surface area contributed by atoms with Crippen molar-refractivity contribution in [3.05, 3.63) is 102 Å². The van der Waals surface area contributed by atoms with Gasteiger partial charge in [0.05, 0.1) is 10.6 Å². The zero-order chi connectivity index (χ0) is 34.4. The molecule has 3 aromatic rings. The van der Waals surface area contributed by atoms with Gasteiger partial charge < -0.3 is 14.8 Å². The number of rotatable bonds is 7. The molecule has 2 aliphatic rings. The highest BCUT2D eigenvalue weighted by Gasteiger charge is 2.33. The standard InChI is InChI=1S/C22H27N3O2S.C16H24N2O/c1-6-17(13(2)14(3)18-12-25(5)22(27)15(4)23-18)24-21(26)20-11-16-9-7-8-10-19(16)28-20;1-5-18-11-10-17(4)15(16(18)19)14-8-6-13(7-9-14)12(2)3/h6,11-12H,7-10H2,1-5H3,(H,24,26);6-9,12,15H,5,10-11H2,1-4H3/b14-13+,17-6+;. The van der Waals surface area contributed by atoms with E-state index >= 15 is 0 Å². The molecule has 1 atom stereocenters. The molecule has 2 amide bonds. The number of amides is 2. The van der Waals surface area contributed by atoms with Gasteiger partial charge >= 0.3 is 0 Å². The summed E-state index contributed by atoms with van der Waals surface area (Å²) in [6, 6.07) is 10.4. The van der Waals surface area contributed by atoms with Gasteiger partial charge in [0.15, 0.2) is 0 Å². The van der Waals surface area contributed by atoms with Crippen LogP contribution in [0.1, 0.15) is 109 Å². The minimum absolute atomic E-state index is 0.0655. The average Bonchev–Trinajstić information content (AvgIpc) is 3.50. The predicted octanol–water partition coefficient (Wildman–Crippen LogP) is 6.80. The van der Waals surface area contributed by atoms with Gasteiger partial charge in [0.25, 0.3) is 11.5 Å². The SMILES string of the molecule is C/C=C(NC(=O)c1cc2c(s1)CCCC2)\C(C)=C(/C)c1cn(C)c(=O)c(C)n1.CCN1CCN(C)C(c2ccc(C(C)C)cc2)C1=O. The van der Waals surface area contributed by atoms with Crippen LogP contribution in [0, 0.1) is 6.92 Å². The number of hydrogen-bond donors (Lipinski definition) is 1. The smallest absolute Gasteiger partial charge is 0.271 e. The van der Waals surface area contributed by atoms with Crippen molar-refractivity contribution < 1.29 is 9.59 Å². The van der Waals surface area contributed by atoms with E-state index in [1.807, 2.05) is 51.8 Å². The van der Waals surface area contributed by atoms with E-state index in [2.05, 4.69) is 53.3 Å². The Balaban J connectivity index is 0.000000229. The average molecular weight is 658 g/mol. The Morgan fingerprint density at radius 3 is 2.36 bits per heavy atom. The lowest BCUT2D eigenvalue weighted by molar-refractivity contribution is -0.140. The number of carbonyl (C=O) groups is 2. The molecule has 252 valence electrons. The summed E-state index contributed by atoms with van der Waals surface area (Å²) in [6.07, 6.45) is 8.21. The Hall–Kier alpha value is -3.82. The second kappa shape index (κ2) is 15.8. The van der Waals surface area contributed by atoms with Crippen molar-refractivity contribution in [1.82, 2.24) is 24.7 Å². The van der Waals surface area contributed by atoms with Crippen LogP contribution in [-0.2, 0) is 24.7 Å². The van der Waals surface area contributed by atoms with Crippen LogP contribution in [0.25, 0.3) is 5.57 Å². The van der Waals surface area contributed by atoms with E-state index in [1.54, 1.807) is 36.1 Å². The van der Waals surface area contributed by atoms with Gasteiger partial charge in [0, 0.05) is 43.5 Å². The first-order valence-electron chi connectivity index (χ1n) is 16.8. The van der Waals surface area contributed by atoms with Crippen LogP contribution in [0.2, 0.25) is 0 Å². The molecule has 0 bridgehead atoms. The maximum atomic E-state index is 12.8. The van der Waals surface area contributed by atoms with Crippen LogP contribution in [0.4, 0.5) is 0 Å². The van der Waals surface area contributed by atoms with Gasteiger partial charge in [0.2, 0.25) is 5.91 Å². The summed E-state index contributed by atoms with van der Waals surface area (Å²) in [5, 5.41) is 3.06. The number of fused-ring (bicyclic) bond motifs is 1. The molecule has 0 spiro atoms. The molecule has 9 heteroatoms. The van der Waals surface area contributed by atoms with Crippen LogP contribution in [0.3, 0.4) is 0 Å². The first kappa shape index (κ1) is 36.0. The molecule has 3 heterocycles. The Bertz CT molecular complexity index is 1660. The van der Waals surface area contributed by atoms with Gasteiger partial charge in [-0.2, -0.15) is 0 Å². The maximum absolute atomic E-state index is 12.8. The molecule has 1 fully saturated rings. The van der Waals surface area contributed by atoms with Gasteiger partial charge in [-0.15, -0.1) is 11.3 Å². The van der Waals surface area contributed by atoms with E-state index in [9.17, 15) is 14.4 Å². The molecule has 47 heavy (non-hydrogen) atoms. The monoisotopic (exact) mass is 657 g/mol. The number of aryl methyl sites for hydroxylation is 4. The van der Waals surface area contributed by atoms with Crippen LogP contribution < -0.4 is 10.9 Å². The van der Waals surface area contributed by atoms with E-state index in [0.29, 0.717) is 11.6 Å². The third kappa shape index (κ3) is 8.37. The van der Waals surface area contributed by atoms with Gasteiger partial charge in [-0.1, -0.05) is 44.2 Å². The van der Waals surface area contributed by atoms with Gasteiger partial charge in [0.1, 0.15) is 11.7 Å². The summed E-state index contributed by atoms with van der Waals surface area (Å²) in [5.74, 6) is 0.693. The molecule has 1 unspecified atom stereocenters. The molecule has 1 aromatic carbocycles. The second-order valence-corrected chi connectivity index (χ2v) is 14.1. The highest BCUT2D eigenvalue weighted by atomic mass is 32.1. The lowest BCUT2D eigenvalue weighted by Crippen LogP contribution is -2.50. The van der Waals surface area contributed by atoms with Gasteiger partial charge in [-0.05, 0) is 107 Å². The van der Waals surface area contributed by atoms with E-state index in [0.717, 1.165) is 65.5 Å². The summed E-state index contributed by atoms with van der Waals surface area (Å²) in [6.45, 7) is 16.5. The maximum Gasteiger partial charge on any atom is 0.271 e. The highest BCUT2D eigenvalue weighted by Crippen LogP contribution is 2.30. The van der Waals surface area contributed by atoms with Gasteiger partial charge in [-0.25, -0.2) is 4.98 Å². The number of aromatic nitrogens is 2. The van der Waals surface area contributed by atoms with Crippen LogP contribution in [0.5, 0.6) is 0 Å². The Morgan fingerprint density at radius 1 is 1.09 bits per heavy atom. The zero-order valence-corrected chi connectivity index (χ0v) is 30.4. The molecule has 2 aromatic heterocycles. The number of hydrogen-bond acceptors (Lipinski definition) is 6. The molecule has 1 aliphatic heterocycles. The molecular formula is C38H51N5O3S. The summed E-state index contributed by atoms with van der Waals surface area (Å²) in [7, 11) is 3.76. The Labute approximate surface area is 284 Å². The molecule has 0 saturated carbocycles. The van der Waals surface area contributed by atoms with Crippen molar-refractivity contribution in [2.75, 3.05) is 26.7 Å². The fourth-order valence-corrected chi connectivity index (χ4v) is 7.30. The predicted molar refractivity (Wildman–Crippen MR) is 193 cm³/mol. The van der Waals surface area contributed by atoms with E-state index in [-0.39, 0.29) is 23.4 Å². The third-order valence-electron chi connectivity index (χ3n) is 9.35. The second-order valence-electron chi connectivity index (χ2n) is 12.9. The molecule has 8 nitrogen and oxygen atoms in total. The van der Waals surface area contributed by atoms with Crippen molar-refractivity contribution >= 4 is 28.7 Å². The van der Waals surface area contributed by atoms with Crippen molar-refractivity contribution in [3.63, 3.8) is 0 Å². The lowest BCUT2D eigenvalue weighted by Gasteiger charge is -2.38. The lowest BCUT2D eigenvalue weighted by atomic mass is 9.97. The topological polar surface area (TPSA) is 87.5 Å². The summed E-state index contributed by atoms with van der Waals surface area (Å²) in [5.41, 5.74) is 7.48. The van der Waals surface area contributed by atoms with Crippen LogP contribution in [-0.4, -0.2) is 57.8 Å². The van der Waals surface area contributed by atoms with Gasteiger partial charge in [-0.3, -0.25) is 19.3 Å². The Kier molecular flexibility index (Phi) is 12.1. The minimum Gasteiger partial charge on any atom is -0.340 e. The first-order chi connectivity index (χ1) is 22.4. The van der Waals surface area contributed by atoms with Crippen LogP contribution >= 0.6 is 11.3 Å². The van der Waals surface area contributed by atoms with Crippen molar-refractivity contribution in [1.29, 1.82) is 0 Å². The largest absolute Gasteiger partial charge is 0.340 e. The molecule has 5 rings (SSSR count). The number of carbonyl (C=O) groups excluding carboxylic acids is 2. The van der Waals surface area contributed by atoms with E-state index in [4.69, 9.17) is 0 Å². The molecule has 1 aliphatic carbocycles. The summed E-state index contributed by atoms with van der Waals surface area (Å²) >= 11 is 1.61. The fourth-order valence-electron chi connectivity index (χ4n) is 6.15. The molecule has 1 saturated heterocycles. The quantitative estimate of drug-likeness (QED) is 0.283. The number of nitrogens with one attached hydrogen (secondary N) is 1. The third-order valence-corrected chi connectivity index (χ3v) is 10.6. The molecular weight excluding hydrogens is 607 g/mol. The Morgan fingerprint density at radius 2 is 1.77 bits per heavy atom. The van der Waals surface area contributed by atoms with Crippen molar-refractivity contribution in [2.24, 2.45) is 7.05 Å². The van der Waals surface area contributed by atoms with Crippen LogP contribution in [0.15, 0.2) is 58.7 Å². The van der Waals surface area contributed by atoms with Crippen molar-refractivity contribution in [2.45, 2.75) is 86.1 Å². The highest BCUT2D eigenvalue weighted by molar-refractivity contribution is 7.14. The molecule has 1 N–H and O–H groups in total. The zero-order valence-electron chi connectivity index (χ0n) is 29.6.